The van der Waals surface area contributed by atoms with E-state index in [0.717, 1.165) is 35.5 Å². The Hall–Kier alpha value is -3.48. The molecule has 1 fully saturated rings. The standard InChI is InChI=1S/C29H29ClN4O2/c1-34-24-10-6-5-9-23(24)25(21-7-3-2-4-8-21)32-26(27(34)35)33-28(36)29(15-17-31-18-16-29)19-20-11-13-22(30)14-12-20/h2-14,26,31H,15-19H2,1H3,(H,33,36). The maximum atomic E-state index is 13.9. The maximum Gasteiger partial charge on any atom is 0.272 e. The second kappa shape index (κ2) is 10.2. The number of likely N-dealkylation sites (N-methyl/N-ethyl adjacent to an activating group) is 1. The number of para-hydroxylation sites is 1. The van der Waals surface area contributed by atoms with E-state index in [-0.39, 0.29) is 11.8 Å². The van der Waals surface area contributed by atoms with Crippen LogP contribution in [-0.2, 0) is 16.0 Å². The van der Waals surface area contributed by atoms with Crippen molar-refractivity contribution in [2.24, 2.45) is 10.4 Å². The number of hydrogen-bond donors (Lipinski definition) is 2. The smallest absolute Gasteiger partial charge is 0.272 e. The SMILES string of the molecule is CN1C(=O)C(NC(=O)C2(Cc3ccc(Cl)cc3)CCNCC2)N=C(c2ccccc2)c2ccccc21. The number of carbonyl (C=O) groups excluding carboxylic acids is 2. The molecule has 1 saturated heterocycles. The summed E-state index contributed by atoms with van der Waals surface area (Å²) in [5, 5.41) is 7.06. The highest BCUT2D eigenvalue weighted by Crippen LogP contribution is 2.34. The first-order valence-electron chi connectivity index (χ1n) is 12.2. The molecule has 2 aliphatic heterocycles. The van der Waals surface area contributed by atoms with Crippen LogP contribution in [0.15, 0.2) is 83.9 Å². The lowest BCUT2D eigenvalue weighted by molar-refractivity contribution is -0.135. The number of anilines is 1. The van der Waals surface area contributed by atoms with Crippen molar-refractivity contribution in [3.05, 3.63) is 101 Å². The summed E-state index contributed by atoms with van der Waals surface area (Å²) < 4.78 is 0. The highest BCUT2D eigenvalue weighted by atomic mass is 35.5. The first-order valence-corrected chi connectivity index (χ1v) is 12.6. The van der Waals surface area contributed by atoms with Crippen molar-refractivity contribution >= 4 is 34.8 Å². The molecule has 7 heteroatoms. The lowest BCUT2D eigenvalue weighted by atomic mass is 9.73. The number of carbonyl (C=O) groups is 2. The number of rotatable bonds is 5. The van der Waals surface area contributed by atoms with Crippen LogP contribution in [0.4, 0.5) is 5.69 Å². The van der Waals surface area contributed by atoms with Crippen LogP contribution in [0.25, 0.3) is 0 Å². The lowest BCUT2D eigenvalue weighted by Gasteiger charge is -2.37. The zero-order chi connectivity index (χ0) is 25.1. The van der Waals surface area contributed by atoms with Crippen LogP contribution in [0, 0.1) is 5.41 Å². The minimum atomic E-state index is -1.03. The topological polar surface area (TPSA) is 73.8 Å². The minimum absolute atomic E-state index is 0.146. The molecule has 3 aromatic carbocycles. The third-order valence-corrected chi connectivity index (χ3v) is 7.41. The predicted molar refractivity (Wildman–Crippen MR) is 144 cm³/mol. The van der Waals surface area contributed by atoms with E-state index < -0.39 is 11.6 Å². The van der Waals surface area contributed by atoms with E-state index in [1.807, 2.05) is 78.9 Å². The average molecular weight is 501 g/mol. The fraction of sp³-hybridized carbons (Fsp3) is 0.276. The van der Waals surface area contributed by atoms with Gasteiger partial charge in [-0.1, -0.05) is 72.3 Å². The number of halogens is 1. The Kier molecular flexibility index (Phi) is 6.90. The summed E-state index contributed by atoms with van der Waals surface area (Å²) >= 11 is 6.08. The second-order valence-electron chi connectivity index (χ2n) is 9.47. The van der Waals surface area contributed by atoms with Gasteiger partial charge in [0, 0.05) is 23.2 Å². The number of aliphatic imine (C=N–C) groups is 1. The van der Waals surface area contributed by atoms with E-state index in [1.54, 1.807) is 11.9 Å². The summed E-state index contributed by atoms with van der Waals surface area (Å²) in [7, 11) is 1.73. The van der Waals surface area contributed by atoms with Crippen molar-refractivity contribution in [3.63, 3.8) is 0 Å². The van der Waals surface area contributed by atoms with Gasteiger partial charge in [0.05, 0.1) is 16.8 Å². The molecule has 0 spiro atoms. The zero-order valence-electron chi connectivity index (χ0n) is 20.2. The van der Waals surface area contributed by atoms with E-state index in [9.17, 15) is 9.59 Å². The van der Waals surface area contributed by atoms with E-state index in [0.29, 0.717) is 30.0 Å². The van der Waals surface area contributed by atoms with Gasteiger partial charge in [0.2, 0.25) is 12.1 Å². The van der Waals surface area contributed by atoms with Gasteiger partial charge < -0.3 is 15.5 Å². The molecule has 0 radical (unpaired) electrons. The number of benzene rings is 3. The monoisotopic (exact) mass is 500 g/mol. The van der Waals surface area contributed by atoms with Gasteiger partial charge in [-0.05, 0) is 56.1 Å². The number of nitrogens with one attached hydrogen (secondary N) is 2. The third kappa shape index (κ3) is 4.79. The van der Waals surface area contributed by atoms with E-state index >= 15 is 0 Å². The Balaban J connectivity index is 1.51. The molecular weight excluding hydrogens is 472 g/mol. The van der Waals surface area contributed by atoms with Gasteiger partial charge >= 0.3 is 0 Å². The van der Waals surface area contributed by atoms with E-state index in [4.69, 9.17) is 16.6 Å². The number of hydrogen-bond acceptors (Lipinski definition) is 4. The van der Waals surface area contributed by atoms with Crippen molar-refractivity contribution in [1.29, 1.82) is 0 Å². The molecule has 2 amide bonds. The molecule has 0 saturated carbocycles. The first-order chi connectivity index (χ1) is 17.5. The number of benzodiazepines with no additional fused rings is 1. The van der Waals surface area contributed by atoms with Crippen molar-refractivity contribution in [3.8, 4) is 0 Å². The van der Waals surface area contributed by atoms with Gasteiger partial charge in [0.1, 0.15) is 0 Å². The normalized spacial score (nSPS) is 19.2. The van der Waals surface area contributed by atoms with Crippen LogP contribution < -0.4 is 15.5 Å². The molecule has 0 aliphatic carbocycles. The summed E-state index contributed by atoms with van der Waals surface area (Å²) in [4.78, 5) is 34.0. The first kappa shape index (κ1) is 24.2. The molecule has 1 unspecified atom stereocenters. The minimum Gasteiger partial charge on any atom is -0.326 e. The molecule has 0 aromatic heterocycles. The summed E-state index contributed by atoms with van der Waals surface area (Å²) in [6.45, 7) is 1.48. The van der Waals surface area contributed by atoms with Crippen LogP contribution >= 0.6 is 11.6 Å². The van der Waals surface area contributed by atoms with Gasteiger partial charge in [-0.3, -0.25) is 9.59 Å². The summed E-state index contributed by atoms with van der Waals surface area (Å²) in [6.07, 6.45) is 0.896. The van der Waals surface area contributed by atoms with Crippen molar-refractivity contribution < 1.29 is 9.59 Å². The largest absolute Gasteiger partial charge is 0.326 e. The van der Waals surface area contributed by atoms with E-state index in [2.05, 4.69) is 10.6 Å². The molecule has 36 heavy (non-hydrogen) atoms. The fourth-order valence-corrected chi connectivity index (χ4v) is 5.23. The average Bonchev–Trinajstić information content (AvgIpc) is 3.02. The van der Waals surface area contributed by atoms with E-state index in [1.165, 1.54) is 0 Å². The Labute approximate surface area is 216 Å². The van der Waals surface area contributed by atoms with Gasteiger partial charge in [-0.25, -0.2) is 4.99 Å². The van der Waals surface area contributed by atoms with Gasteiger partial charge in [-0.2, -0.15) is 0 Å². The molecule has 2 N–H and O–H groups in total. The number of fused-ring (bicyclic) bond motifs is 1. The van der Waals surface area contributed by atoms with Crippen LogP contribution in [0.5, 0.6) is 0 Å². The molecule has 2 heterocycles. The zero-order valence-corrected chi connectivity index (χ0v) is 21.0. The molecule has 6 nitrogen and oxygen atoms in total. The predicted octanol–water partition coefficient (Wildman–Crippen LogP) is 4.21. The van der Waals surface area contributed by atoms with Crippen molar-refractivity contribution in [1.82, 2.24) is 10.6 Å². The highest BCUT2D eigenvalue weighted by Gasteiger charge is 2.42. The molecule has 184 valence electrons. The quantitative estimate of drug-likeness (QED) is 0.551. The number of nitrogens with zero attached hydrogens (tertiary/aromatic N) is 2. The maximum absolute atomic E-state index is 13.9. The summed E-state index contributed by atoms with van der Waals surface area (Å²) in [5.74, 6) is -0.412. The Morgan fingerprint density at radius 2 is 1.69 bits per heavy atom. The van der Waals surface area contributed by atoms with Crippen LogP contribution in [0.3, 0.4) is 0 Å². The molecule has 0 bridgehead atoms. The van der Waals surface area contributed by atoms with Crippen molar-refractivity contribution in [2.75, 3.05) is 25.0 Å². The van der Waals surface area contributed by atoms with Crippen molar-refractivity contribution in [2.45, 2.75) is 25.4 Å². The molecule has 1 atom stereocenters. The van der Waals surface area contributed by atoms with Gasteiger partial charge in [-0.15, -0.1) is 0 Å². The summed E-state index contributed by atoms with van der Waals surface area (Å²) in [6, 6.07) is 25.1. The lowest BCUT2D eigenvalue weighted by Crippen LogP contribution is -2.54. The Morgan fingerprint density at radius 1 is 1.03 bits per heavy atom. The Morgan fingerprint density at radius 3 is 2.42 bits per heavy atom. The number of amides is 2. The highest BCUT2D eigenvalue weighted by molar-refractivity contribution is 6.30. The Bertz CT molecular complexity index is 1280. The van der Waals surface area contributed by atoms with Crippen LogP contribution in [0.1, 0.15) is 29.5 Å². The van der Waals surface area contributed by atoms with Crippen LogP contribution in [-0.4, -0.2) is 43.8 Å². The molecular formula is C29H29ClN4O2. The molecule has 3 aromatic rings. The van der Waals surface area contributed by atoms with Gasteiger partial charge in [0.15, 0.2) is 0 Å². The summed E-state index contributed by atoms with van der Waals surface area (Å²) in [5.41, 5.74) is 3.60. The second-order valence-corrected chi connectivity index (χ2v) is 9.90. The van der Waals surface area contributed by atoms with Crippen LogP contribution in [0.2, 0.25) is 5.02 Å². The third-order valence-electron chi connectivity index (χ3n) is 7.16. The van der Waals surface area contributed by atoms with Gasteiger partial charge in [0.25, 0.3) is 5.91 Å². The number of piperidine rings is 1. The molecule has 2 aliphatic rings. The molecule has 5 rings (SSSR count). The fourth-order valence-electron chi connectivity index (χ4n) is 5.10.